The van der Waals surface area contributed by atoms with Gasteiger partial charge in [0.05, 0.1) is 18.8 Å². The molecule has 0 radical (unpaired) electrons. The minimum atomic E-state index is -0.459. The molecule has 3 atom stereocenters. The Morgan fingerprint density at radius 1 is 1.12 bits per heavy atom. The van der Waals surface area contributed by atoms with E-state index >= 15 is 0 Å². The van der Waals surface area contributed by atoms with Gasteiger partial charge >= 0.3 is 0 Å². The summed E-state index contributed by atoms with van der Waals surface area (Å²) in [4.78, 5) is 0. The zero-order valence-electron chi connectivity index (χ0n) is 11.1. The number of rotatable bonds is 9. The van der Waals surface area contributed by atoms with Gasteiger partial charge in [0, 0.05) is 6.61 Å². The standard InChI is InChI=1S/C13H28O3/c1-5-6-7-16-9-12(15)8-13(10(2)3)11(4)14/h10-15H,5-9H2,1-4H3. The lowest BCUT2D eigenvalue weighted by molar-refractivity contribution is -0.00192. The normalized spacial score (nSPS) is 17.4. The molecule has 0 aliphatic rings. The highest BCUT2D eigenvalue weighted by molar-refractivity contribution is 4.72. The third kappa shape index (κ3) is 7.20. The fourth-order valence-electron chi connectivity index (χ4n) is 1.87. The summed E-state index contributed by atoms with van der Waals surface area (Å²) in [6.45, 7) is 9.14. The molecule has 0 saturated carbocycles. The Balaban J connectivity index is 3.78. The van der Waals surface area contributed by atoms with E-state index in [1.165, 1.54) is 0 Å². The van der Waals surface area contributed by atoms with E-state index in [1.807, 2.05) is 0 Å². The van der Waals surface area contributed by atoms with Crippen LogP contribution in [0, 0.1) is 11.8 Å². The predicted molar refractivity (Wildman–Crippen MR) is 66.4 cm³/mol. The lowest BCUT2D eigenvalue weighted by Crippen LogP contribution is -2.29. The molecule has 0 aromatic heterocycles. The minimum absolute atomic E-state index is 0.143. The molecule has 16 heavy (non-hydrogen) atoms. The van der Waals surface area contributed by atoms with E-state index in [1.54, 1.807) is 6.92 Å². The lowest BCUT2D eigenvalue weighted by atomic mass is 9.86. The zero-order chi connectivity index (χ0) is 12.6. The SMILES string of the molecule is CCCCOCC(O)CC(C(C)C)C(C)O. The second-order valence-electron chi connectivity index (χ2n) is 4.97. The third-order valence-corrected chi connectivity index (χ3v) is 2.97. The van der Waals surface area contributed by atoms with Crippen LogP contribution < -0.4 is 0 Å². The highest BCUT2D eigenvalue weighted by atomic mass is 16.5. The van der Waals surface area contributed by atoms with Gasteiger partial charge in [-0.05, 0) is 31.6 Å². The first-order valence-corrected chi connectivity index (χ1v) is 6.42. The van der Waals surface area contributed by atoms with E-state index in [4.69, 9.17) is 4.74 Å². The van der Waals surface area contributed by atoms with E-state index in [0.29, 0.717) is 25.6 Å². The van der Waals surface area contributed by atoms with Gasteiger partial charge in [0.2, 0.25) is 0 Å². The van der Waals surface area contributed by atoms with Gasteiger partial charge in [0.1, 0.15) is 0 Å². The van der Waals surface area contributed by atoms with Crippen LogP contribution in [0.2, 0.25) is 0 Å². The Hall–Kier alpha value is -0.120. The molecule has 98 valence electrons. The van der Waals surface area contributed by atoms with Gasteiger partial charge in [-0.15, -0.1) is 0 Å². The van der Waals surface area contributed by atoms with Crippen LogP contribution in [0.15, 0.2) is 0 Å². The van der Waals surface area contributed by atoms with Crippen molar-refractivity contribution in [2.75, 3.05) is 13.2 Å². The first-order chi connectivity index (χ1) is 7.49. The maximum Gasteiger partial charge on any atom is 0.0777 e. The molecule has 0 spiro atoms. The van der Waals surface area contributed by atoms with Gasteiger partial charge in [-0.25, -0.2) is 0 Å². The molecule has 0 aromatic carbocycles. The van der Waals surface area contributed by atoms with Gasteiger partial charge in [0.25, 0.3) is 0 Å². The van der Waals surface area contributed by atoms with Crippen LogP contribution in [0.4, 0.5) is 0 Å². The van der Waals surface area contributed by atoms with Crippen LogP contribution in [-0.2, 0) is 4.74 Å². The molecule has 0 saturated heterocycles. The Kier molecular flexibility index (Phi) is 8.90. The van der Waals surface area contributed by atoms with E-state index in [0.717, 1.165) is 12.8 Å². The number of ether oxygens (including phenoxy) is 1. The smallest absolute Gasteiger partial charge is 0.0777 e. The monoisotopic (exact) mass is 232 g/mol. The molecule has 3 nitrogen and oxygen atoms in total. The van der Waals surface area contributed by atoms with E-state index < -0.39 is 6.10 Å². The third-order valence-electron chi connectivity index (χ3n) is 2.97. The second-order valence-corrected chi connectivity index (χ2v) is 4.97. The fourth-order valence-corrected chi connectivity index (χ4v) is 1.87. The van der Waals surface area contributed by atoms with Crippen LogP contribution >= 0.6 is 0 Å². The maximum atomic E-state index is 9.78. The van der Waals surface area contributed by atoms with E-state index in [2.05, 4.69) is 20.8 Å². The Morgan fingerprint density at radius 2 is 1.75 bits per heavy atom. The van der Waals surface area contributed by atoms with E-state index in [-0.39, 0.29) is 12.0 Å². The molecule has 0 bridgehead atoms. The average Bonchev–Trinajstić information content (AvgIpc) is 2.20. The minimum Gasteiger partial charge on any atom is -0.393 e. The topological polar surface area (TPSA) is 49.7 Å². The Morgan fingerprint density at radius 3 is 2.19 bits per heavy atom. The molecular formula is C13H28O3. The highest BCUT2D eigenvalue weighted by Gasteiger charge is 2.22. The van der Waals surface area contributed by atoms with Crippen molar-refractivity contribution in [1.29, 1.82) is 0 Å². The maximum absolute atomic E-state index is 9.78. The molecule has 0 aromatic rings. The first kappa shape index (κ1) is 15.9. The fraction of sp³-hybridized carbons (Fsp3) is 1.00. The van der Waals surface area contributed by atoms with Crippen molar-refractivity contribution in [2.24, 2.45) is 11.8 Å². The van der Waals surface area contributed by atoms with Crippen LogP contribution in [0.1, 0.15) is 47.0 Å². The van der Waals surface area contributed by atoms with Crippen LogP contribution in [-0.4, -0.2) is 35.6 Å². The molecule has 3 heteroatoms. The highest BCUT2D eigenvalue weighted by Crippen LogP contribution is 2.21. The largest absolute Gasteiger partial charge is 0.393 e. The first-order valence-electron chi connectivity index (χ1n) is 6.42. The summed E-state index contributed by atoms with van der Waals surface area (Å²) in [7, 11) is 0. The molecule has 0 heterocycles. The molecule has 0 amide bonds. The van der Waals surface area contributed by atoms with Crippen LogP contribution in [0.25, 0.3) is 0 Å². The summed E-state index contributed by atoms with van der Waals surface area (Å²) in [5.74, 6) is 0.523. The summed E-state index contributed by atoms with van der Waals surface area (Å²) in [6, 6.07) is 0. The number of hydrogen-bond acceptors (Lipinski definition) is 3. The van der Waals surface area contributed by atoms with Crippen molar-refractivity contribution in [3.63, 3.8) is 0 Å². The molecule has 0 aliphatic carbocycles. The molecule has 2 N–H and O–H groups in total. The zero-order valence-corrected chi connectivity index (χ0v) is 11.1. The lowest BCUT2D eigenvalue weighted by Gasteiger charge is -2.26. The summed E-state index contributed by atoms with van der Waals surface area (Å²) in [6.07, 6.45) is 1.93. The molecule has 0 aliphatic heterocycles. The molecule has 0 rings (SSSR count). The number of unbranched alkanes of at least 4 members (excludes halogenated alkanes) is 1. The van der Waals surface area contributed by atoms with Gasteiger partial charge in [-0.3, -0.25) is 0 Å². The number of aliphatic hydroxyl groups excluding tert-OH is 2. The number of hydrogen-bond donors (Lipinski definition) is 2. The van der Waals surface area contributed by atoms with Crippen molar-refractivity contribution >= 4 is 0 Å². The average molecular weight is 232 g/mol. The van der Waals surface area contributed by atoms with Gasteiger partial charge < -0.3 is 14.9 Å². The number of aliphatic hydroxyl groups is 2. The van der Waals surface area contributed by atoms with Crippen LogP contribution in [0.3, 0.4) is 0 Å². The van der Waals surface area contributed by atoms with Gasteiger partial charge in [-0.1, -0.05) is 27.2 Å². The Labute approximate surface area is 99.8 Å². The van der Waals surface area contributed by atoms with Crippen LogP contribution in [0.5, 0.6) is 0 Å². The Bertz CT molecular complexity index is 149. The molecule has 3 unspecified atom stereocenters. The predicted octanol–water partition coefficient (Wildman–Crippen LogP) is 2.21. The summed E-state index contributed by atoms with van der Waals surface area (Å²) in [5.41, 5.74) is 0. The van der Waals surface area contributed by atoms with Crippen molar-refractivity contribution in [2.45, 2.75) is 59.2 Å². The summed E-state index contributed by atoms with van der Waals surface area (Å²) < 4.78 is 5.36. The van der Waals surface area contributed by atoms with E-state index in [9.17, 15) is 10.2 Å². The van der Waals surface area contributed by atoms with Crippen molar-refractivity contribution in [1.82, 2.24) is 0 Å². The molecule has 0 fully saturated rings. The van der Waals surface area contributed by atoms with Crippen molar-refractivity contribution in [3.8, 4) is 0 Å². The molecular weight excluding hydrogens is 204 g/mol. The summed E-state index contributed by atoms with van der Waals surface area (Å²) in [5, 5.41) is 19.4. The quantitative estimate of drug-likeness (QED) is 0.599. The second kappa shape index (κ2) is 8.97. The van der Waals surface area contributed by atoms with Crippen molar-refractivity contribution < 1.29 is 14.9 Å². The van der Waals surface area contributed by atoms with Gasteiger partial charge in [0.15, 0.2) is 0 Å². The van der Waals surface area contributed by atoms with Gasteiger partial charge in [-0.2, -0.15) is 0 Å². The summed E-state index contributed by atoms with van der Waals surface area (Å²) >= 11 is 0. The van der Waals surface area contributed by atoms with Crippen molar-refractivity contribution in [3.05, 3.63) is 0 Å².